The third-order valence-electron chi connectivity index (χ3n) is 2.88. The van der Waals surface area contributed by atoms with Gasteiger partial charge in [0.05, 0.1) is 14.2 Å². The standard InChI is InChI=1S/C13H16O4/c1-15-11-5-3-9(8-12(11)16-2)7-10-4-6-13(14)17-10/h3,5,8,10H,4,6-7H2,1-2H3/t10-/m0/s1. The molecule has 0 N–H and O–H groups in total. The molecule has 92 valence electrons. The highest BCUT2D eigenvalue weighted by Gasteiger charge is 2.23. The van der Waals surface area contributed by atoms with Crippen LogP contribution in [0.5, 0.6) is 11.5 Å². The Balaban J connectivity index is 2.08. The van der Waals surface area contributed by atoms with Crippen molar-refractivity contribution in [2.24, 2.45) is 0 Å². The molecule has 1 aromatic carbocycles. The molecule has 4 heteroatoms. The normalized spacial score (nSPS) is 18.9. The molecule has 1 fully saturated rings. The van der Waals surface area contributed by atoms with Crippen LogP contribution in [0.3, 0.4) is 0 Å². The van der Waals surface area contributed by atoms with Gasteiger partial charge in [0.25, 0.3) is 0 Å². The summed E-state index contributed by atoms with van der Waals surface area (Å²) >= 11 is 0. The van der Waals surface area contributed by atoms with E-state index in [1.54, 1.807) is 14.2 Å². The van der Waals surface area contributed by atoms with Crippen LogP contribution in [-0.4, -0.2) is 26.3 Å². The Labute approximate surface area is 100 Å². The molecule has 0 unspecified atom stereocenters. The van der Waals surface area contributed by atoms with Crippen molar-refractivity contribution >= 4 is 5.97 Å². The van der Waals surface area contributed by atoms with Crippen LogP contribution in [0.25, 0.3) is 0 Å². The molecule has 0 aliphatic carbocycles. The third-order valence-corrected chi connectivity index (χ3v) is 2.88. The summed E-state index contributed by atoms with van der Waals surface area (Å²) in [7, 11) is 3.22. The van der Waals surface area contributed by atoms with E-state index in [-0.39, 0.29) is 12.1 Å². The summed E-state index contributed by atoms with van der Waals surface area (Å²) in [5.74, 6) is 1.31. The Bertz CT molecular complexity index is 414. The minimum absolute atomic E-state index is 0.000557. The number of hydrogen-bond acceptors (Lipinski definition) is 4. The molecular formula is C13H16O4. The van der Waals surface area contributed by atoms with Crippen LogP contribution in [0.2, 0.25) is 0 Å². The number of carbonyl (C=O) groups excluding carboxylic acids is 1. The van der Waals surface area contributed by atoms with E-state index in [9.17, 15) is 4.79 Å². The lowest BCUT2D eigenvalue weighted by Crippen LogP contribution is -2.10. The van der Waals surface area contributed by atoms with Gasteiger partial charge in [-0.25, -0.2) is 0 Å². The number of carbonyl (C=O) groups is 1. The minimum Gasteiger partial charge on any atom is -0.493 e. The molecule has 0 saturated carbocycles. The highest BCUT2D eigenvalue weighted by atomic mass is 16.5. The quantitative estimate of drug-likeness (QED) is 0.749. The van der Waals surface area contributed by atoms with Crippen LogP contribution >= 0.6 is 0 Å². The second-order valence-electron chi connectivity index (χ2n) is 4.04. The van der Waals surface area contributed by atoms with Gasteiger partial charge in [0.15, 0.2) is 11.5 Å². The lowest BCUT2D eigenvalue weighted by Gasteiger charge is -2.12. The Kier molecular flexibility index (Phi) is 3.52. The molecule has 0 aromatic heterocycles. The van der Waals surface area contributed by atoms with Crippen molar-refractivity contribution in [3.63, 3.8) is 0 Å². The maximum Gasteiger partial charge on any atom is 0.306 e. The number of cyclic esters (lactones) is 1. The summed E-state index contributed by atoms with van der Waals surface area (Å²) in [6.45, 7) is 0. The van der Waals surface area contributed by atoms with Crippen LogP contribution in [0.4, 0.5) is 0 Å². The zero-order valence-corrected chi connectivity index (χ0v) is 10.1. The highest BCUT2D eigenvalue weighted by molar-refractivity contribution is 5.71. The fourth-order valence-electron chi connectivity index (χ4n) is 2.00. The van der Waals surface area contributed by atoms with E-state index in [2.05, 4.69) is 0 Å². The number of hydrogen-bond donors (Lipinski definition) is 0. The number of ether oxygens (including phenoxy) is 3. The van der Waals surface area contributed by atoms with Crippen LogP contribution in [-0.2, 0) is 16.0 Å². The highest BCUT2D eigenvalue weighted by Crippen LogP contribution is 2.29. The van der Waals surface area contributed by atoms with Crippen molar-refractivity contribution in [3.8, 4) is 11.5 Å². The number of rotatable bonds is 4. The molecular weight excluding hydrogens is 220 g/mol. The molecule has 0 spiro atoms. The van der Waals surface area contributed by atoms with E-state index in [1.165, 1.54) is 0 Å². The molecule has 1 atom stereocenters. The van der Waals surface area contributed by atoms with Crippen LogP contribution in [0, 0.1) is 0 Å². The lowest BCUT2D eigenvalue weighted by molar-refractivity contribution is -0.141. The van der Waals surface area contributed by atoms with Crippen molar-refractivity contribution in [3.05, 3.63) is 23.8 Å². The van der Waals surface area contributed by atoms with E-state index in [4.69, 9.17) is 14.2 Å². The number of benzene rings is 1. The summed E-state index contributed by atoms with van der Waals surface area (Å²) in [6.07, 6.45) is 2.05. The average molecular weight is 236 g/mol. The van der Waals surface area contributed by atoms with E-state index < -0.39 is 0 Å². The number of methoxy groups -OCH3 is 2. The van der Waals surface area contributed by atoms with Crippen LogP contribution < -0.4 is 9.47 Å². The van der Waals surface area contributed by atoms with E-state index in [0.717, 1.165) is 18.4 Å². The zero-order chi connectivity index (χ0) is 12.3. The SMILES string of the molecule is COc1ccc(C[C@@H]2CCC(=O)O2)cc1OC. The first-order valence-electron chi connectivity index (χ1n) is 5.63. The zero-order valence-electron chi connectivity index (χ0n) is 10.1. The molecule has 1 saturated heterocycles. The van der Waals surface area contributed by atoms with Gasteiger partial charge in [0.2, 0.25) is 0 Å². The Hall–Kier alpha value is -1.71. The fraction of sp³-hybridized carbons (Fsp3) is 0.462. The molecule has 17 heavy (non-hydrogen) atoms. The summed E-state index contributed by atoms with van der Waals surface area (Å²) in [5.41, 5.74) is 1.09. The summed E-state index contributed by atoms with van der Waals surface area (Å²) < 4.78 is 15.6. The molecule has 0 radical (unpaired) electrons. The van der Waals surface area contributed by atoms with Crippen molar-refractivity contribution in [2.45, 2.75) is 25.4 Å². The predicted molar refractivity (Wildman–Crippen MR) is 62.4 cm³/mol. The van der Waals surface area contributed by atoms with Gasteiger partial charge in [-0.3, -0.25) is 4.79 Å². The molecule has 1 aromatic rings. The van der Waals surface area contributed by atoms with Crippen molar-refractivity contribution in [2.75, 3.05) is 14.2 Å². The molecule has 1 aliphatic heterocycles. The van der Waals surface area contributed by atoms with E-state index >= 15 is 0 Å². The van der Waals surface area contributed by atoms with Crippen LogP contribution in [0.1, 0.15) is 18.4 Å². The summed E-state index contributed by atoms with van der Waals surface area (Å²) in [4.78, 5) is 11.0. The van der Waals surface area contributed by atoms with Crippen LogP contribution in [0.15, 0.2) is 18.2 Å². The van der Waals surface area contributed by atoms with Gasteiger partial charge in [-0.1, -0.05) is 6.07 Å². The van der Waals surface area contributed by atoms with E-state index in [1.807, 2.05) is 18.2 Å². The van der Waals surface area contributed by atoms with Crippen molar-refractivity contribution in [1.29, 1.82) is 0 Å². The van der Waals surface area contributed by atoms with Crippen molar-refractivity contribution < 1.29 is 19.0 Å². The summed E-state index contributed by atoms with van der Waals surface area (Å²) in [6, 6.07) is 5.75. The van der Waals surface area contributed by atoms with Gasteiger partial charge >= 0.3 is 5.97 Å². The first-order valence-corrected chi connectivity index (χ1v) is 5.63. The van der Waals surface area contributed by atoms with Gasteiger partial charge < -0.3 is 14.2 Å². The van der Waals surface area contributed by atoms with Gasteiger partial charge in [0, 0.05) is 12.8 Å². The monoisotopic (exact) mass is 236 g/mol. The maximum absolute atomic E-state index is 11.0. The fourth-order valence-corrected chi connectivity index (χ4v) is 2.00. The van der Waals surface area contributed by atoms with Crippen molar-refractivity contribution in [1.82, 2.24) is 0 Å². The molecule has 2 rings (SSSR count). The first kappa shape index (κ1) is 11.8. The van der Waals surface area contributed by atoms with E-state index in [0.29, 0.717) is 17.9 Å². The second-order valence-corrected chi connectivity index (χ2v) is 4.04. The topological polar surface area (TPSA) is 44.8 Å². The first-order chi connectivity index (χ1) is 8.22. The van der Waals surface area contributed by atoms with Gasteiger partial charge in [0.1, 0.15) is 6.10 Å². The molecule has 1 heterocycles. The molecule has 1 aliphatic rings. The maximum atomic E-state index is 11.0. The third kappa shape index (κ3) is 2.70. The Morgan fingerprint density at radius 1 is 1.29 bits per heavy atom. The van der Waals surface area contributed by atoms with Gasteiger partial charge in [-0.05, 0) is 24.1 Å². The largest absolute Gasteiger partial charge is 0.493 e. The van der Waals surface area contributed by atoms with Gasteiger partial charge in [-0.2, -0.15) is 0 Å². The van der Waals surface area contributed by atoms with Gasteiger partial charge in [-0.15, -0.1) is 0 Å². The summed E-state index contributed by atoms with van der Waals surface area (Å²) in [5, 5.41) is 0. The second kappa shape index (κ2) is 5.08. The Morgan fingerprint density at radius 2 is 2.06 bits per heavy atom. The molecule has 0 amide bonds. The Morgan fingerprint density at radius 3 is 2.65 bits per heavy atom. The predicted octanol–water partition coefficient (Wildman–Crippen LogP) is 1.95. The minimum atomic E-state index is -0.101. The average Bonchev–Trinajstić information content (AvgIpc) is 2.74. The lowest BCUT2D eigenvalue weighted by atomic mass is 10.1. The number of esters is 1. The smallest absolute Gasteiger partial charge is 0.306 e. The molecule has 0 bridgehead atoms. The molecule has 4 nitrogen and oxygen atoms in total.